The zero-order chi connectivity index (χ0) is 21.2. The highest BCUT2D eigenvalue weighted by Gasteiger charge is 2.14. The molecule has 0 aliphatic carbocycles. The highest BCUT2D eigenvalue weighted by Crippen LogP contribution is 2.22. The van der Waals surface area contributed by atoms with Crippen LogP contribution in [0.4, 0.5) is 5.69 Å². The Balaban J connectivity index is 0.00000145. The third-order valence-electron chi connectivity index (χ3n) is 4.28. The summed E-state index contributed by atoms with van der Waals surface area (Å²) in [7, 11) is 2.96. The molecule has 29 heavy (non-hydrogen) atoms. The molecule has 0 saturated heterocycles. The molecule has 0 spiro atoms. The number of hydrogen-bond donors (Lipinski definition) is 1. The molecule has 0 aliphatic rings. The van der Waals surface area contributed by atoms with Crippen molar-refractivity contribution in [2.75, 3.05) is 26.1 Å². The second-order valence-corrected chi connectivity index (χ2v) is 6.02. The van der Waals surface area contributed by atoms with E-state index >= 15 is 0 Å². The lowest BCUT2D eigenvalue weighted by atomic mass is 10.1. The van der Waals surface area contributed by atoms with Crippen LogP contribution in [0.5, 0.6) is 5.75 Å². The normalized spacial score (nSPS) is 9.97. The van der Waals surface area contributed by atoms with Crippen LogP contribution in [0.1, 0.15) is 35.7 Å². The molecule has 3 rings (SSSR count). The van der Waals surface area contributed by atoms with Crippen LogP contribution >= 0.6 is 0 Å². The maximum atomic E-state index is 11.5. The van der Waals surface area contributed by atoms with Gasteiger partial charge in [0.15, 0.2) is 0 Å². The van der Waals surface area contributed by atoms with Crippen molar-refractivity contribution in [3.63, 3.8) is 0 Å². The summed E-state index contributed by atoms with van der Waals surface area (Å²) in [4.78, 5) is 15.9. The Morgan fingerprint density at radius 1 is 1.10 bits per heavy atom. The van der Waals surface area contributed by atoms with Gasteiger partial charge in [-0.25, -0.2) is 4.79 Å². The molecule has 0 fully saturated rings. The molecule has 154 valence electrons. The fourth-order valence-corrected chi connectivity index (χ4v) is 2.74. The Morgan fingerprint density at radius 3 is 2.41 bits per heavy atom. The van der Waals surface area contributed by atoms with Gasteiger partial charge in [0.1, 0.15) is 11.5 Å². The third kappa shape index (κ3) is 5.85. The minimum atomic E-state index is -0.458. The number of carbonyl (C=O) groups excluding carboxylic acids is 1. The van der Waals surface area contributed by atoms with Crippen molar-refractivity contribution in [1.29, 1.82) is 0 Å². The smallest absolute Gasteiger partial charge is 0.373 e. The van der Waals surface area contributed by atoms with E-state index in [2.05, 4.69) is 15.0 Å². The van der Waals surface area contributed by atoms with Gasteiger partial charge in [0, 0.05) is 17.8 Å². The van der Waals surface area contributed by atoms with Crippen LogP contribution in [-0.4, -0.2) is 31.7 Å². The Hall–Kier alpha value is -3.28. The molecule has 6 heteroatoms. The lowest BCUT2D eigenvalue weighted by Gasteiger charge is -2.07. The number of aromatic nitrogens is 1. The van der Waals surface area contributed by atoms with E-state index in [0.29, 0.717) is 0 Å². The van der Waals surface area contributed by atoms with E-state index in [9.17, 15) is 4.79 Å². The molecule has 2 heterocycles. The monoisotopic (exact) mass is 396 g/mol. The Labute approximate surface area is 171 Å². The number of anilines is 1. The van der Waals surface area contributed by atoms with Crippen LogP contribution in [0.3, 0.4) is 0 Å². The van der Waals surface area contributed by atoms with Gasteiger partial charge in [0.2, 0.25) is 5.76 Å². The van der Waals surface area contributed by atoms with Gasteiger partial charge in [-0.05, 0) is 49.2 Å². The van der Waals surface area contributed by atoms with Crippen LogP contribution in [0, 0.1) is 6.92 Å². The van der Waals surface area contributed by atoms with Crippen LogP contribution in [0.2, 0.25) is 0 Å². The molecule has 0 saturated carbocycles. The summed E-state index contributed by atoms with van der Waals surface area (Å²) in [5.41, 5.74) is 3.94. The quantitative estimate of drug-likeness (QED) is 0.558. The predicted molar refractivity (Wildman–Crippen MR) is 115 cm³/mol. The number of nitrogens with one attached hydrogen (secondary N) is 1. The first kappa shape index (κ1) is 22.0. The minimum Gasteiger partial charge on any atom is -0.495 e. The number of carbonyl (C=O) groups is 1. The Bertz CT molecular complexity index is 900. The first-order chi connectivity index (χ1) is 14.1. The Kier molecular flexibility index (Phi) is 8.27. The van der Waals surface area contributed by atoms with E-state index in [1.807, 2.05) is 57.2 Å². The van der Waals surface area contributed by atoms with Crippen molar-refractivity contribution < 1.29 is 18.7 Å². The number of esters is 1. The molecule has 0 aliphatic heterocycles. The van der Waals surface area contributed by atoms with Crippen molar-refractivity contribution in [2.45, 2.75) is 27.2 Å². The number of aryl methyl sites for hydroxylation is 1. The zero-order valence-corrected chi connectivity index (χ0v) is 17.6. The summed E-state index contributed by atoms with van der Waals surface area (Å²) < 4.78 is 15.2. The molecule has 6 nitrogen and oxygen atoms in total. The van der Waals surface area contributed by atoms with Gasteiger partial charge in [-0.15, -0.1) is 0 Å². The number of ether oxygens (including phenoxy) is 2. The molecule has 0 radical (unpaired) electrons. The number of rotatable bonds is 7. The van der Waals surface area contributed by atoms with Gasteiger partial charge >= 0.3 is 5.97 Å². The SMILES string of the molecule is CC.COC(=O)c1cc(CCNc2ccc(-c3ccc(OC)cn3)cc2)c(C)o1. The summed E-state index contributed by atoms with van der Waals surface area (Å²) in [6, 6.07) is 13.6. The summed E-state index contributed by atoms with van der Waals surface area (Å²) in [5, 5.41) is 3.37. The highest BCUT2D eigenvalue weighted by molar-refractivity contribution is 5.86. The lowest BCUT2D eigenvalue weighted by Crippen LogP contribution is -2.05. The van der Waals surface area contributed by atoms with Crippen LogP contribution < -0.4 is 10.1 Å². The molecule has 0 atom stereocenters. The first-order valence-corrected chi connectivity index (χ1v) is 9.62. The van der Waals surface area contributed by atoms with Crippen LogP contribution in [0.25, 0.3) is 11.3 Å². The Morgan fingerprint density at radius 2 is 1.83 bits per heavy atom. The third-order valence-corrected chi connectivity index (χ3v) is 4.28. The second-order valence-electron chi connectivity index (χ2n) is 6.02. The van der Waals surface area contributed by atoms with Crippen molar-refractivity contribution in [3.8, 4) is 17.0 Å². The van der Waals surface area contributed by atoms with Crippen molar-refractivity contribution in [1.82, 2.24) is 4.98 Å². The van der Waals surface area contributed by atoms with E-state index in [0.717, 1.165) is 47.0 Å². The molecule has 2 aromatic heterocycles. The number of nitrogens with zero attached hydrogens (tertiary/aromatic N) is 1. The molecule has 1 N–H and O–H groups in total. The largest absolute Gasteiger partial charge is 0.495 e. The average molecular weight is 396 g/mol. The fourth-order valence-electron chi connectivity index (χ4n) is 2.74. The van der Waals surface area contributed by atoms with E-state index < -0.39 is 5.97 Å². The fraction of sp³-hybridized carbons (Fsp3) is 0.304. The number of pyridine rings is 1. The topological polar surface area (TPSA) is 73.6 Å². The van der Waals surface area contributed by atoms with Gasteiger partial charge in [0.05, 0.1) is 26.1 Å². The maximum Gasteiger partial charge on any atom is 0.373 e. The molecular weight excluding hydrogens is 368 g/mol. The summed E-state index contributed by atoms with van der Waals surface area (Å²) in [6.45, 7) is 6.57. The van der Waals surface area contributed by atoms with Gasteiger partial charge in [-0.1, -0.05) is 26.0 Å². The summed E-state index contributed by atoms with van der Waals surface area (Å²) >= 11 is 0. The van der Waals surface area contributed by atoms with Crippen LogP contribution in [-0.2, 0) is 11.2 Å². The minimum absolute atomic E-state index is 0.237. The summed E-state index contributed by atoms with van der Waals surface area (Å²) in [6.07, 6.45) is 2.45. The molecule has 1 aromatic carbocycles. The molecular formula is C23H28N2O4. The molecule has 3 aromatic rings. The van der Waals surface area contributed by atoms with Crippen molar-refractivity contribution >= 4 is 11.7 Å². The zero-order valence-electron chi connectivity index (χ0n) is 17.6. The van der Waals surface area contributed by atoms with E-state index in [-0.39, 0.29) is 5.76 Å². The summed E-state index contributed by atoms with van der Waals surface area (Å²) in [5.74, 6) is 1.25. The van der Waals surface area contributed by atoms with Crippen molar-refractivity contribution in [3.05, 3.63) is 65.7 Å². The van der Waals surface area contributed by atoms with E-state index in [4.69, 9.17) is 9.15 Å². The standard InChI is InChI=1S/C21H22N2O4.C2H6/c1-14-16(12-20(27-14)21(24)26-3)10-11-22-17-6-4-15(5-7-17)19-9-8-18(25-2)13-23-19;1-2/h4-9,12-13,22H,10-11H2,1-3H3;1-2H3. The van der Waals surface area contributed by atoms with E-state index in [1.54, 1.807) is 19.4 Å². The number of methoxy groups -OCH3 is 2. The highest BCUT2D eigenvalue weighted by atomic mass is 16.5. The first-order valence-electron chi connectivity index (χ1n) is 9.62. The average Bonchev–Trinajstić information content (AvgIpc) is 3.15. The molecule has 0 bridgehead atoms. The number of hydrogen-bond acceptors (Lipinski definition) is 6. The predicted octanol–water partition coefficient (Wildman–Crippen LogP) is 5.13. The van der Waals surface area contributed by atoms with Crippen LogP contribution in [0.15, 0.2) is 53.1 Å². The van der Waals surface area contributed by atoms with Gasteiger partial charge < -0.3 is 19.2 Å². The molecule has 0 amide bonds. The maximum absolute atomic E-state index is 11.5. The lowest BCUT2D eigenvalue weighted by molar-refractivity contribution is 0.0563. The molecule has 0 unspecified atom stereocenters. The van der Waals surface area contributed by atoms with Crippen molar-refractivity contribution in [2.24, 2.45) is 0 Å². The van der Waals surface area contributed by atoms with Gasteiger partial charge in [-0.3, -0.25) is 4.98 Å². The second kappa shape index (κ2) is 10.9. The van der Waals surface area contributed by atoms with Gasteiger partial charge in [-0.2, -0.15) is 0 Å². The van der Waals surface area contributed by atoms with Gasteiger partial charge in [0.25, 0.3) is 0 Å². The van der Waals surface area contributed by atoms with E-state index in [1.165, 1.54) is 7.11 Å². The number of furan rings is 1. The number of benzene rings is 1.